The number of anilines is 1. The quantitative estimate of drug-likeness (QED) is 0.768. The van der Waals surface area contributed by atoms with E-state index in [1.807, 2.05) is 37.3 Å². The third-order valence-corrected chi connectivity index (χ3v) is 5.06. The highest BCUT2D eigenvalue weighted by atomic mass is 32.2. The van der Waals surface area contributed by atoms with Gasteiger partial charge in [0.15, 0.2) is 0 Å². The topological polar surface area (TPSA) is 66.5 Å². The van der Waals surface area contributed by atoms with Gasteiger partial charge >= 0.3 is 0 Å². The van der Waals surface area contributed by atoms with Crippen LogP contribution in [0.1, 0.15) is 18.9 Å². The van der Waals surface area contributed by atoms with Crippen molar-refractivity contribution in [3.8, 4) is 0 Å². The molecule has 0 radical (unpaired) electrons. The number of aryl methyl sites for hydroxylation is 1. The molecule has 7 heteroatoms. The predicted molar refractivity (Wildman–Crippen MR) is 101 cm³/mol. The van der Waals surface area contributed by atoms with Gasteiger partial charge in [0, 0.05) is 6.04 Å². The van der Waals surface area contributed by atoms with Gasteiger partial charge in [-0.15, -0.1) is 0 Å². The lowest BCUT2D eigenvalue weighted by Gasteiger charge is -2.23. The van der Waals surface area contributed by atoms with E-state index in [-0.39, 0.29) is 18.3 Å². The third kappa shape index (κ3) is 6.15. The molecule has 0 spiro atoms. The van der Waals surface area contributed by atoms with E-state index in [9.17, 15) is 17.6 Å². The lowest BCUT2D eigenvalue weighted by Crippen LogP contribution is -2.43. The SMILES string of the molecule is C[C@H](CCc1ccccc1)NC(=O)CN(c1ccc(F)cc1)S(C)(=O)=O. The molecule has 2 rings (SSSR count). The molecule has 1 atom stereocenters. The first-order chi connectivity index (χ1) is 12.3. The van der Waals surface area contributed by atoms with E-state index in [2.05, 4.69) is 5.32 Å². The van der Waals surface area contributed by atoms with Crippen molar-refractivity contribution in [2.24, 2.45) is 0 Å². The zero-order chi connectivity index (χ0) is 19.2. The lowest BCUT2D eigenvalue weighted by molar-refractivity contribution is -0.120. The summed E-state index contributed by atoms with van der Waals surface area (Å²) in [5, 5.41) is 2.81. The molecular formula is C19H23FN2O3S. The molecule has 0 aliphatic heterocycles. The smallest absolute Gasteiger partial charge is 0.240 e. The maximum atomic E-state index is 13.1. The van der Waals surface area contributed by atoms with Gasteiger partial charge in [-0.3, -0.25) is 9.10 Å². The summed E-state index contributed by atoms with van der Waals surface area (Å²) in [6.45, 7) is 1.53. The Morgan fingerprint density at radius 1 is 1.12 bits per heavy atom. The van der Waals surface area contributed by atoms with Gasteiger partial charge in [-0.1, -0.05) is 30.3 Å². The zero-order valence-electron chi connectivity index (χ0n) is 14.9. The second-order valence-electron chi connectivity index (χ2n) is 6.24. The standard InChI is InChI=1S/C19H23FN2O3S/c1-15(8-9-16-6-4-3-5-7-16)21-19(23)14-22(26(2,24)25)18-12-10-17(20)11-13-18/h3-7,10-13,15H,8-9,14H2,1-2H3,(H,21,23)/t15-/m1/s1. The highest BCUT2D eigenvalue weighted by Gasteiger charge is 2.21. The summed E-state index contributed by atoms with van der Waals surface area (Å²) in [7, 11) is -3.67. The molecule has 0 bridgehead atoms. The van der Waals surface area contributed by atoms with Crippen LogP contribution in [0.2, 0.25) is 0 Å². The van der Waals surface area contributed by atoms with Crippen LogP contribution in [0.5, 0.6) is 0 Å². The second-order valence-corrected chi connectivity index (χ2v) is 8.15. The highest BCUT2D eigenvalue weighted by Crippen LogP contribution is 2.17. The molecule has 2 aromatic carbocycles. The van der Waals surface area contributed by atoms with Gasteiger partial charge < -0.3 is 5.32 Å². The van der Waals surface area contributed by atoms with Crippen LogP contribution < -0.4 is 9.62 Å². The Hall–Kier alpha value is -2.41. The van der Waals surface area contributed by atoms with Crippen molar-refractivity contribution in [3.05, 3.63) is 66.0 Å². The van der Waals surface area contributed by atoms with Gasteiger partial charge in [0.05, 0.1) is 11.9 Å². The maximum absolute atomic E-state index is 13.1. The predicted octanol–water partition coefficient (Wildman–Crippen LogP) is 2.73. The number of nitrogens with zero attached hydrogens (tertiary/aromatic N) is 1. The summed E-state index contributed by atoms with van der Waals surface area (Å²) >= 11 is 0. The Morgan fingerprint density at radius 2 is 1.73 bits per heavy atom. The Balaban J connectivity index is 1.95. The number of hydrogen-bond acceptors (Lipinski definition) is 3. The van der Waals surface area contributed by atoms with Crippen LogP contribution in [0, 0.1) is 5.82 Å². The normalized spacial score (nSPS) is 12.4. The molecule has 5 nitrogen and oxygen atoms in total. The van der Waals surface area contributed by atoms with Crippen LogP contribution in [0.15, 0.2) is 54.6 Å². The van der Waals surface area contributed by atoms with Gasteiger partial charge in [0.25, 0.3) is 0 Å². The van der Waals surface area contributed by atoms with Crippen LogP contribution >= 0.6 is 0 Å². The Kier molecular flexibility index (Phi) is 6.74. The first-order valence-corrected chi connectivity index (χ1v) is 10.2. The number of carbonyl (C=O) groups excluding carboxylic acids is 1. The Bertz CT molecular complexity index is 824. The van der Waals surface area contributed by atoms with Crippen LogP contribution in [-0.2, 0) is 21.2 Å². The summed E-state index contributed by atoms with van der Waals surface area (Å²) in [5.41, 5.74) is 1.43. The fourth-order valence-electron chi connectivity index (χ4n) is 2.56. The molecule has 2 aromatic rings. The van der Waals surface area contributed by atoms with E-state index < -0.39 is 21.7 Å². The Labute approximate surface area is 153 Å². The van der Waals surface area contributed by atoms with Crippen LogP contribution in [-0.4, -0.2) is 33.2 Å². The van der Waals surface area contributed by atoms with Crippen LogP contribution in [0.3, 0.4) is 0 Å². The number of amides is 1. The molecule has 1 amide bonds. The van der Waals surface area contributed by atoms with Gasteiger partial charge in [0.1, 0.15) is 12.4 Å². The summed E-state index contributed by atoms with van der Waals surface area (Å²) in [4.78, 5) is 12.3. The van der Waals surface area contributed by atoms with Gasteiger partial charge in [-0.2, -0.15) is 0 Å². The number of carbonyl (C=O) groups is 1. The fraction of sp³-hybridized carbons (Fsp3) is 0.316. The monoisotopic (exact) mass is 378 g/mol. The molecular weight excluding hydrogens is 355 g/mol. The van der Waals surface area contributed by atoms with Crippen LogP contribution in [0.25, 0.3) is 0 Å². The number of hydrogen-bond donors (Lipinski definition) is 1. The van der Waals surface area contributed by atoms with Crippen molar-refractivity contribution in [2.75, 3.05) is 17.1 Å². The number of benzene rings is 2. The molecule has 0 aliphatic carbocycles. The van der Waals surface area contributed by atoms with Gasteiger partial charge in [0.2, 0.25) is 15.9 Å². The summed E-state index contributed by atoms with van der Waals surface area (Å²) in [6, 6.07) is 14.8. The molecule has 0 saturated heterocycles. The molecule has 0 fully saturated rings. The minimum absolute atomic E-state index is 0.0997. The third-order valence-electron chi connectivity index (χ3n) is 3.92. The first-order valence-electron chi connectivity index (χ1n) is 8.32. The molecule has 26 heavy (non-hydrogen) atoms. The maximum Gasteiger partial charge on any atom is 0.240 e. The fourth-order valence-corrected chi connectivity index (χ4v) is 3.41. The van der Waals surface area contributed by atoms with Gasteiger partial charge in [-0.05, 0) is 49.6 Å². The molecule has 0 aliphatic rings. The first kappa shape index (κ1) is 19.9. The molecule has 140 valence electrons. The summed E-state index contributed by atoms with van der Waals surface area (Å²) in [6.07, 6.45) is 2.57. The van der Waals surface area contributed by atoms with Crippen molar-refractivity contribution in [3.63, 3.8) is 0 Å². The van der Waals surface area contributed by atoms with Crippen LogP contribution in [0.4, 0.5) is 10.1 Å². The minimum Gasteiger partial charge on any atom is -0.352 e. The van der Waals surface area contributed by atoms with E-state index in [1.54, 1.807) is 0 Å². The molecule has 0 heterocycles. The summed E-state index contributed by atoms with van der Waals surface area (Å²) in [5.74, 6) is -0.874. The van der Waals surface area contributed by atoms with E-state index in [0.717, 1.165) is 35.5 Å². The Morgan fingerprint density at radius 3 is 2.31 bits per heavy atom. The molecule has 0 aromatic heterocycles. The van der Waals surface area contributed by atoms with Crippen molar-refractivity contribution >= 4 is 21.6 Å². The summed E-state index contributed by atoms with van der Waals surface area (Å²) < 4.78 is 38.0. The lowest BCUT2D eigenvalue weighted by atomic mass is 10.1. The average Bonchev–Trinajstić information content (AvgIpc) is 2.59. The number of sulfonamides is 1. The second kappa shape index (κ2) is 8.80. The average molecular weight is 378 g/mol. The van der Waals surface area contributed by atoms with E-state index in [4.69, 9.17) is 0 Å². The van der Waals surface area contributed by atoms with Crippen molar-refractivity contribution in [1.82, 2.24) is 5.32 Å². The van der Waals surface area contributed by atoms with E-state index in [1.165, 1.54) is 17.7 Å². The number of halogens is 1. The number of nitrogens with one attached hydrogen (secondary N) is 1. The largest absolute Gasteiger partial charge is 0.352 e. The zero-order valence-corrected chi connectivity index (χ0v) is 15.7. The van der Waals surface area contributed by atoms with Gasteiger partial charge in [-0.25, -0.2) is 12.8 Å². The molecule has 0 unspecified atom stereocenters. The van der Waals surface area contributed by atoms with E-state index in [0.29, 0.717) is 0 Å². The number of rotatable bonds is 8. The van der Waals surface area contributed by atoms with E-state index >= 15 is 0 Å². The highest BCUT2D eigenvalue weighted by molar-refractivity contribution is 7.92. The molecule has 0 saturated carbocycles. The minimum atomic E-state index is -3.67. The molecule has 1 N–H and O–H groups in total. The van der Waals surface area contributed by atoms with Crippen molar-refractivity contribution in [1.29, 1.82) is 0 Å². The van der Waals surface area contributed by atoms with Crippen molar-refractivity contribution in [2.45, 2.75) is 25.8 Å². The van der Waals surface area contributed by atoms with Crippen molar-refractivity contribution < 1.29 is 17.6 Å².